The lowest BCUT2D eigenvalue weighted by atomic mass is 10.1. The van der Waals surface area contributed by atoms with E-state index in [2.05, 4.69) is 0 Å². The van der Waals surface area contributed by atoms with Crippen LogP contribution in [0.5, 0.6) is 11.5 Å². The lowest BCUT2D eigenvalue weighted by Gasteiger charge is -2.14. The Labute approximate surface area is 155 Å². The van der Waals surface area contributed by atoms with Gasteiger partial charge in [0.1, 0.15) is 4.32 Å². The van der Waals surface area contributed by atoms with Crippen molar-refractivity contribution in [3.63, 3.8) is 0 Å². The zero-order valence-corrected chi connectivity index (χ0v) is 15.6. The highest BCUT2D eigenvalue weighted by Crippen LogP contribution is 2.37. The van der Waals surface area contributed by atoms with Crippen LogP contribution in [0.2, 0.25) is 0 Å². The zero-order chi connectivity index (χ0) is 18.4. The van der Waals surface area contributed by atoms with Crippen molar-refractivity contribution in [3.05, 3.63) is 28.7 Å². The van der Waals surface area contributed by atoms with E-state index in [0.29, 0.717) is 39.3 Å². The zero-order valence-electron chi connectivity index (χ0n) is 13.9. The fourth-order valence-electron chi connectivity index (χ4n) is 2.35. The number of benzene rings is 1. The van der Waals surface area contributed by atoms with E-state index in [4.69, 9.17) is 21.7 Å². The van der Waals surface area contributed by atoms with Crippen LogP contribution in [-0.2, 0) is 9.59 Å². The van der Waals surface area contributed by atoms with Crippen molar-refractivity contribution in [1.29, 1.82) is 0 Å². The maximum absolute atomic E-state index is 12.5. The first-order valence-corrected chi connectivity index (χ1v) is 8.95. The molecule has 6 nitrogen and oxygen atoms in total. The van der Waals surface area contributed by atoms with Crippen LogP contribution in [0.3, 0.4) is 0 Å². The largest absolute Gasteiger partial charge is 0.550 e. The number of hydrogen-bond donors (Lipinski definition) is 0. The predicted octanol–water partition coefficient (Wildman–Crippen LogP) is 1.83. The third-order valence-corrected chi connectivity index (χ3v) is 4.81. The summed E-state index contributed by atoms with van der Waals surface area (Å²) in [6.45, 7) is 2.64. The summed E-state index contributed by atoms with van der Waals surface area (Å²) in [6.07, 6.45) is 1.89. The molecule has 1 aromatic rings. The molecule has 25 heavy (non-hydrogen) atoms. The Morgan fingerprint density at radius 1 is 1.44 bits per heavy atom. The van der Waals surface area contributed by atoms with Crippen molar-refractivity contribution >= 4 is 46.3 Å². The van der Waals surface area contributed by atoms with Crippen LogP contribution in [0.15, 0.2) is 23.1 Å². The predicted molar refractivity (Wildman–Crippen MR) is 98.3 cm³/mol. The lowest BCUT2D eigenvalue weighted by Crippen LogP contribution is -2.30. The molecule has 0 N–H and O–H groups in total. The number of para-hydroxylation sites is 1. The molecular weight excluding hydrogens is 362 g/mol. The van der Waals surface area contributed by atoms with Gasteiger partial charge in [-0.3, -0.25) is 9.69 Å². The van der Waals surface area contributed by atoms with Gasteiger partial charge in [-0.05, 0) is 31.9 Å². The first kappa shape index (κ1) is 19.3. The van der Waals surface area contributed by atoms with E-state index < -0.39 is 5.97 Å². The molecule has 0 radical (unpaired) electrons. The molecule has 0 aliphatic carbocycles. The van der Waals surface area contributed by atoms with Crippen LogP contribution in [0, 0.1) is 0 Å². The number of rotatable bonds is 8. The van der Waals surface area contributed by atoms with E-state index >= 15 is 0 Å². The smallest absolute Gasteiger partial charge is 0.266 e. The monoisotopic (exact) mass is 380 g/mol. The van der Waals surface area contributed by atoms with Gasteiger partial charge < -0.3 is 19.4 Å². The number of nitrogens with zero attached hydrogens (tertiary/aromatic N) is 1. The summed E-state index contributed by atoms with van der Waals surface area (Å²) in [7, 11) is 1.54. The van der Waals surface area contributed by atoms with Gasteiger partial charge in [0.2, 0.25) is 0 Å². The number of carbonyl (C=O) groups excluding carboxylic acids is 2. The Balaban J connectivity index is 2.21. The molecule has 134 valence electrons. The lowest BCUT2D eigenvalue weighted by molar-refractivity contribution is -0.305. The van der Waals surface area contributed by atoms with Crippen LogP contribution in [0.25, 0.3) is 6.08 Å². The Bertz CT molecular complexity index is 717. The van der Waals surface area contributed by atoms with Crippen LogP contribution in [0.1, 0.15) is 25.3 Å². The second kappa shape index (κ2) is 8.87. The topological polar surface area (TPSA) is 78.9 Å². The van der Waals surface area contributed by atoms with Gasteiger partial charge in [-0.25, -0.2) is 0 Å². The van der Waals surface area contributed by atoms with Gasteiger partial charge in [-0.15, -0.1) is 0 Å². The van der Waals surface area contributed by atoms with E-state index in [0.717, 1.165) is 0 Å². The molecule has 1 saturated heterocycles. The quantitative estimate of drug-likeness (QED) is 0.503. The van der Waals surface area contributed by atoms with Crippen molar-refractivity contribution in [3.8, 4) is 11.5 Å². The third kappa shape index (κ3) is 4.73. The fraction of sp³-hybridized carbons (Fsp3) is 0.353. The highest BCUT2D eigenvalue weighted by atomic mass is 32.2. The number of thioether (sulfide) groups is 1. The minimum absolute atomic E-state index is 0.111. The Hall–Kier alpha value is -2.06. The van der Waals surface area contributed by atoms with Gasteiger partial charge in [-0.2, -0.15) is 0 Å². The minimum atomic E-state index is -1.14. The minimum Gasteiger partial charge on any atom is -0.550 e. The first-order chi connectivity index (χ1) is 12.0. The number of amides is 1. The first-order valence-electron chi connectivity index (χ1n) is 7.73. The number of carbonyl (C=O) groups is 2. The summed E-state index contributed by atoms with van der Waals surface area (Å²) in [6, 6.07) is 5.44. The van der Waals surface area contributed by atoms with Crippen molar-refractivity contribution < 1.29 is 24.2 Å². The molecule has 0 spiro atoms. The maximum Gasteiger partial charge on any atom is 0.266 e. The third-order valence-electron chi connectivity index (χ3n) is 3.44. The van der Waals surface area contributed by atoms with Crippen LogP contribution < -0.4 is 14.6 Å². The molecule has 1 aliphatic heterocycles. The average Bonchev–Trinajstić information content (AvgIpc) is 2.82. The van der Waals surface area contributed by atoms with E-state index in [9.17, 15) is 14.7 Å². The molecular formula is C17H18NO5S2-. The molecule has 0 atom stereocenters. The molecule has 0 unspecified atom stereocenters. The van der Waals surface area contributed by atoms with Crippen molar-refractivity contribution in [2.75, 3.05) is 20.3 Å². The van der Waals surface area contributed by atoms with Crippen LogP contribution >= 0.6 is 24.0 Å². The average molecular weight is 380 g/mol. The van der Waals surface area contributed by atoms with Crippen molar-refractivity contribution in [2.24, 2.45) is 0 Å². The molecule has 1 amide bonds. The standard InChI is InChI=1S/C17H19NO5S2/c1-3-23-12-7-4-6-11(15(12)22-2)10-13-16(21)18(17(24)25-13)9-5-8-14(19)20/h4,6-7,10H,3,5,8-9H2,1-2H3,(H,19,20)/p-1/b13-10-. The highest BCUT2D eigenvalue weighted by Gasteiger charge is 2.31. The Morgan fingerprint density at radius 3 is 2.84 bits per heavy atom. The summed E-state index contributed by atoms with van der Waals surface area (Å²) in [5, 5.41) is 10.5. The molecule has 0 bridgehead atoms. The maximum atomic E-state index is 12.5. The summed E-state index contributed by atoms with van der Waals surface area (Å²) >= 11 is 6.41. The number of methoxy groups -OCH3 is 1. The van der Waals surface area contributed by atoms with Gasteiger partial charge >= 0.3 is 0 Å². The summed E-state index contributed by atoms with van der Waals surface area (Å²) in [5.74, 6) is -0.231. The van der Waals surface area contributed by atoms with Crippen LogP contribution in [-0.4, -0.2) is 41.4 Å². The van der Waals surface area contributed by atoms with E-state index in [1.54, 1.807) is 19.3 Å². The van der Waals surface area contributed by atoms with E-state index in [-0.39, 0.29) is 18.9 Å². The van der Waals surface area contributed by atoms with Crippen LogP contribution in [0.4, 0.5) is 0 Å². The molecule has 1 fully saturated rings. The highest BCUT2D eigenvalue weighted by molar-refractivity contribution is 8.26. The van der Waals surface area contributed by atoms with Gasteiger partial charge in [0.05, 0.1) is 18.6 Å². The Morgan fingerprint density at radius 2 is 2.20 bits per heavy atom. The molecule has 8 heteroatoms. The number of thiocarbonyl (C=S) groups is 1. The van der Waals surface area contributed by atoms with E-state index in [1.807, 2.05) is 19.1 Å². The SMILES string of the molecule is CCOc1cccc(/C=C2\SC(=S)N(CCCC(=O)[O-])C2=O)c1OC. The number of aliphatic carboxylic acids is 1. The summed E-state index contributed by atoms with van der Waals surface area (Å²) in [4.78, 5) is 24.9. The second-order valence-corrected chi connectivity index (χ2v) is 6.80. The number of hydrogen-bond acceptors (Lipinski definition) is 7. The van der Waals surface area contributed by atoms with Crippen molar-refractivity contribution in [1.82, 2.24) is 4.90 Å². The molecule has 2 rings (SSSR count). The normalized spacial score (nSPS) is 15.8. The summed E-state index contributed by atoms with van der Waals surface area (Å²) < 4.78 is 11.4. The Kier molecular flexibility index (Phi) is 6.83. The molecule has 1 heterocycles. The van der Waals surface area contributed by atoms with Gasteiger partial charge in [0, 0.05) is 18.1 Å². The van der Waals surface area contributed by atoms with Crippen molar-refractivity contribution in [2.45, 2.75) is 19.8 Å². The van der Waals surface area contributed by atoms with Gasteiger partial charge in [-0.1, -0.05) is 36.1 Å². The summed E-state index contributed by atoms with van der Waals surface area (Å²) in [5.41, 5.74) is 0.712. The fourth-order valence-corrected chi connectivity index (χ4v) is 3.65. The number of carboxylic acid groups (broad SMARTS) is 1. The van der Waals surface area contributed by atoms with Gasteiger partial charge in [0.15, 0.2) is 11.5 Å². The second-order valence-electron chi connectivity index (χ2n) is 5.12. The molecule has 0 saturated carbocycles. The number of ether oxygens (including phenoxy) is 2. The molecule has 1 aromatic carbocycles. The molecule has 1 aliphatic rings. The molecule has 0 aromatic heterocycles. The number of carboxylic acids is 1. The van der Waals surface area contributed by atoms with E-state index in [1.165, 1.54) is 16.7 Å². The van der Waals surface area contributed by atoms with Gasteiger partial charge in [0.25, 0.3) is 5.91 Å².